The van der Waals surface area contributed by atoms with Gasteiger partial charge in [0.2, 0.25) is 0 Å². The van der Waals surface area contributed by atoms with E-state index in [1.165, 1.54) is 11.3 Å². The Balaban J connectivity index is 2.13. The van der Waals surface area contributed by atoms with Crippen LogP contribution in [-0.4, -0.2) is 16.4 Å². The Bertz CT molecular complexity index is 493. The smallest absolute Gasteiger partial charge is 0.262 e. The van der Waals surface area contributed by atoms with Crippen LogP contribution in [0.3, 0.4) is 0 Å². The predicted octanol–water partition coefficient (Wildman–Crippen LogP) is 3.48. The van der Waals surface area contributed by atoms with Crippen molar-refractivity contribution >= 4 is 50.4 Å². The van der Waals surface area contributed by atoms with E-state index >= 15 is 0 Å². The lowest BCUT2D eigenvalue weighted by Crippen LogP contribution is -2.58. The van der Waals surface area contributed by atoms with E-state index in [-0.39, 0.29) is 5.91 Å². The highest BCUT2D eigenvalue weighted by molar-refractivity contribution is 9.11. The maximum atomic E-state index is 12.3. The fourth-order valence-electron chi connectivity index (χ4n) is 2.40. The largest absolute Gasteiger partial charge is 0.391 e. The molecule has 1 amide bonds. The molecular formula is C13H17BrN2OS2. The van der Waals surface area contributed by atoms with Crippen LogP contribution in [0.25, 0.3) is 0 Å². The molecule has 19 heavy (non-hydrogen) atoms. The zero-order valence-corrected chi connectivity index (χ0v) is 14.0. The second-order valence-corrected chi connectivity index (χ2v) is 8.09. The molecule has 0 aromatic carbocycles. The van der Waals surface area contributed by atoms with Gasteiger partial charge in [0, 0.05) is 0 Å². The average Bonchev–Trinajstić information content (AvgIpc) is 2.79. The van der Waals surface area contributed by atoms with Gasteiger partial charge >= 0.3 is 0 Å². The van der Waals surface area contributed by atoms with Gasteiger partial charge in [0.25, 0.3) is 5.91 Å². The van der Waals surface area contributed by atoms with E-state index < -0.39 is 5.54 Å². The van der Waals surface area contributed by atoms with Crippen LogP contribution >= 0.6 is 39.5 Å². The average molecular weight is 361 g/mol. The number of hydrogen-bond acceptors (Lipinski definition) is 3. The third kappa shape index (κ3) is 3.35. The number of halogens is 1. The lowest BCUT2D eigenvalue weighted by Gasteiger charge is -2.39. The van der Waals surface area contributed by atoms with Gasteiger partial charge in [0.1, 0.15) is 0 Å². The minimum Gasteiger partial charge on any atom is -0.391 e. The Hall–Kier alpha value is -0.460. The Morgan fingerprint density at radius 3 is 2.63 bits per heavy atom. The Kier molecular flexibility index (Phi) is 4.63. The molecule has 0 radical (unpaired) electrons. The number of nitrogens with two attached hydrogens (primary N) is 1. The molecule has 0 spiro atoms. The number of thiocarbonyl (C=S) groups is 1. The number of nitrogens with one attached hydrogen (secondary N) is 1. The van der Waals surface area contributed by atoms with Crippen molar-refractivity contribution in [3.05, 3.63) is 20.8 Å². The van der Waals surface area contributed by atoms with Crippen LogP contribution in [0, 0.1) is 5.92 Å². The van der Waals surface area contributed by atoms with Crippen molar-refractivity contribution in [1.29, 1.82) is 0 Å². The predicted molar refractivity (Wildman–Crippen MR) is 86.6 cm³/mol. The molecule has 3 nitrogen and oxygen atoms in total. The summed E-state index contributed by atoms with van der Waals surface area (Å²) in [6.07, 6.45) is 3.76. The van der Waals surface area contributed by atoms with Crippen LogP contribution in [-0.2, 0) is 0 Å². The number of carbonyl (C=O) groups is 1. The van der Waals surface area contributed by atoms with Crippen LogP contribution in [0.2, 0.25) is 0 Å². The van der Waals surface area contributed by atoms with E-state index in [1.807, 2.05) is 12.1 Å². The zero-order chi connectivity index (χ0) is 14.0. The van der Waals surface area contributed by atoms with Crippen molar-refractivity contribution in [2.45, 2.75) is 38.1 Å². The quantitative estimate of drug-likeness (QED) is 0.811. The summed E-state index contributed by atoms with van der Waals surface area (Å²) in [7, 11) is 0. The summed E-state index contributed by atoms with van der Waals surface area (Å²) in [4.78, 5) is 13.4. The summed E-state index contributed by atoms with van der Waals surface area (Å²) in [6.45, 7) is 2.22. The molecule has 1 saturated carbocycles. The van der Waals surface area contributed by atoms with Crippen molar-refractivity contribution in [1.82, 2.24) is 5.32 Å². The summed E-state index contributed by atoms with van der Waals surface area (Å²) in [5.41, 5.74) is 5.39. The topological polar surface area (TPSA) is 55.1 Å². The normalized spacial score (nSPS) is 26.9. The molecule has 104 valence electrons. The van der Waals surface area contributed by atoms with Gasteiger partial charge in [-0.3, -0.25) is 4.79 Å². The molecule has 0 aliphatic heterocycles. The van der Waals surface area contributed by atoms with Gasteiger partial charge in [-0.1, -0.05) is 19.1 Å². The van der Waals surface area contributed by atoms with Gasteiger partial charge in [-0.05, 0) is 59.7 Å². The first-order valence-electron chi connectivity index (χ1n) is 6.31. The third-order valence-electron chi connectivity index (χ3n) is 3.75. The molecule has 0 saturated heterocycles. The highest BCUT2D eigenvalue weighted by Crippen LogP contribution is 2.33. The number of carbonyl (C=O) groups excluding carboxylic acids is 1. The maximum Gasteiger partial charge on any atom is 0.262 e. The molecule has 1 aliphatic rings. The fourth-order valence-corrected chi connectivity index (χ4v) is 3.94. The number of rotatable bonds is 3. The lowest BCUT2D eigenvalue weighted by atomic mass is 9.77. The Morgan fingerprint density at radius 1 is 1.53 bits per heavy atom. The van der Waals surface area contributed by atoms with Crippen LogP contribution in [0.5, 0.6) is 0 Å². The van der Waals surface area contributed by atoms with E-state index in [2.05, 4.69) is 28.2 Å². The van der Waals surface area contributed by atoms with Crippen LogP contribution in [0.1, 0.15) is 42.3 Å². The fraction of sp³-hybridized carbons (Fsp3) is 0.538. The van der Waals surface area contributed by atoms with Crippen molar-refractivity contribution in [2.24, 2.45) is 11.7 Å². The van der Waals surface area contributed by atoms with Crippen LogP contribution in [0.15, 0.2) is 15.9 Å². The molecule has 1 fully saturated rings. The monoisotopic (exact) mass is 360 g/mol. The van der Waals surface area contributed by atoms with Gasteiger partial charge in [0.15, 0.2) is 0 Å². The molecular weight excluding hydrogens is 344 g/mol. The number of amides is 1. The molecule has 0 unspecified atom stereocenters. The SMILES string of the molecule is CC1CCC(NC(=O)c2ccc(Br)s2)(C(N)=S)CC1. The molecule has 2 rings (SSSR count). The van der Waals surface area contributed by atoms with Gasteiger partial charge in [-0.15, -0.1) is 11.3 Å². The zero-order valence-electron chi connectivity index (χ0n) is 10.7. The van der Waals surface area contributed by atoms with Gasteiger partial charge in [-0.2, -0.15) is 0 Å². The first kappa shape index (κ1) is 14.9. The van der Waals surface area contributed by atoms with E-state index in [4.69, 9.17) is 18.0 Å². The molecule has 1 aliphatic carbocycles. The number of thiophene rings is 1. The first-order valence-corrected chi connectivity index (χ1v) is 8.32. The Morgan fingerprint density at radius 2 is 2.16 bits per heavy atom. The van der Waals surface area contributed by atoms with E-state index in [0.717, 1.165) is 29.5 Å². The molecule has 3 N–H and O–H groups in total. The molecule has 1 heterocycles. The highest BCUT2D eigenvalue weighted by Gasteiger charge is 2.38. The summed E-state index contributed by atoms with van der Waals surface area (Å²) < 4.78 is 0.944. The maximum absolute atomic E-state index is 12.3. The molecule has 1 aromatic heterocycles. The standard InChI is InChI=1S/C13H17BrN2OS2/c1-8-4-6-13(7-5-8,12(15)18)16-11(17)9-2-3-10(14)19-9/h2-3,8H,4-7H2,1H3,(H2,15,18)(H,16,17). The van der Waals surface area contributed by atoms with Gasteiger partial charge in [-0.25, -0.2) is 0 Å². The van der Waals surface area contributed by atoms with Crippen molar-refractivity contribution in [3.63, 3.8) is 0 Å². The van der Waals surface area contributed by atoms with Crippen LogP contribution < -0.4 is 11.1 Å². The minimum atomic E-state index is -0.505. The summed E-state index contributed by atoms with van der Waals surface area (Å²) in [5.74, 6) is 0.591. The van der Waals surface area contributed by atoms with E-state index in [9.17, 15) is 4.79 Å². The second kappa shape index (κ2) is 5.89. The first-order chi connectivity index (χ1) is 8.93. The minimum absolute atomic E-state index is 0.0851. The number of hydrogen-bond donors (Lipinski definition) is 2. The van der Waals surface area contributed by atoms with Crippen molar-refractivity contribution in [2.75, 3.05) is 0 Å². The molecule has 0 bridgehead atoms. The highest BCUT2D eigenvalue weighted by atomic mass is 79.9. The summed E-state index contributed by atoms with van der Waals surface area (Å²) in [6, 6.07) is 3.68. The molecule has 6 heteroatoms. The van der Waals surface area contributed by atoms with Crippen molar-refractivity contribution in [3.8, 4) is 0 Å². The molecule has 0 atom stereocenters. The summed E-state index contributed by atoms with van der Waals surface area (Å²) in [5, 5.41) is 3.07. The van der Waals surface area contributed by atoms with Gasteiger partial charge < -0.3 is 11.1 Å². The lowest BCUT2D eigenvalue weighted by molar-refractivity contribution is 0.0905. The second-order valence-electron chi connectivity index (χ2n) is 5.19. The van der Waals surface area contributed by atoms with Crippen LogP contribution in [0.4, 0.5) is 0 Å². The third-order valence-corrected chi connectivity index (χ3v) is 5.76. The summed E-state index contributed by atoms with van der Waals surface area (Å²) >= 11 is 9.98. The van der Waals surface area contributed by atoms with E-state index in [1.54, 1.807) is 0 Å². The Labute approximate surface area is 131 Å². The van der Waals surface area contributed by atoms with Crippen molar-refractivity contribution < 1.29 is 4.79 Å². The van der Waals surface area contributed by atoms with E-state index in [0.29, 0.717) is 15.8 Å². The molecule has 1 aromatic rings. The van der Waals surface area contributed by atoms with Gasteiger partial charge in [0.05, 0.1) is 19.2 Å².